The van der Waals surface area contributed by atoms with Gasteiger partial charge in [0.2, 0.25) is 0 Å². The number of aryl methyl sites for hydroxylation is 1. The molecule has 46 heavy (non-hydrogen) atoms. The van der Waals surface area contributed by atoms with Crippen molar-refractivity contribution in [2.45, 2.75) is 65.1 Å². The van der Waals surface area contributed by atoms with E-state index in [1.807, 2.05) is 45.0 Å². The van der Waals surface area contributed by atoms with Crippen LogP contribution in [0, 0.1) is 11.6 Å². The second-order valence-electron chi connectivity index (χ2n) is 11.7. The quantitative estimate of drug-likeness (QED) is 0.155. The molecule has 0 radical (unpaired) electrons. The molecule has 10 heteroatoms. The van der Waals surface area contributed by atoms with Gasteiger partial charge in [-0.25, -0.2) is 8.78 Å². The van der Waals surface area contributed by atoms with Gasteiger partial charge in [0.1, 0.15) is 11.6 Å². The Balaban J connectivity index is 1.70. The normalized spacial score (nSPS) is 12.5. The zero-order valence-electron chi connectivity index (χ0n) is 26.7. The van der Waals surface area contributed by atoms with Gasteiger partial charge in [-0.2, -0.15) is 5.10 Å². The summed E-state index contributed by atoms with van der Waals surface area (Å²) in [5.41, 5.74) is 10.6. The lowest BCUT2D eigenvalue weighted by Gasteiger charge is -2.29. The minimum absolute atomic E-state index is 0.00249. The highest BCUT2D eigenvalue weighted by molar-refractivity contribution is 6.01. The topological polar surface area (TPSA) is 116 Å². The van der Waals surface area contributed by atoms with Crippen molar-refractivity contribution < 1.29 is 23.5 Å². The maximum atomic E-state index is 14.4. The molecule has 8 nitrogen and oxygen atoms in total. The molecule has 1 heterocycles. The SMILES string of the molecule is CCCN(CCC)C(=O)c1cc(C(=O)N(Cc2cccc(CC)c2)C[C@@H](O)[C@@H](N)Cc2cc(F)cc(F)c2)cc(-c2cn[nH]c2)c1. The number of rotatable bonds is 15. The number of carbonyl (C=O) groups is 2. The first-order valence-electron chi connectivity index (χ1n) is 15.8. The third-order valence-electron chi connectivity index (χ3n) is 7.89. The van der Waals surface area contributed by atoms with Crippen LogP contribution in [-0.4, -0.2) is 68.7 Å². The van der Waals surface area contributed by atoms with E-state index in [-0.39, 0.29) is 31.0 Å². The third-order valence-corrected chi connectivity index (χ3v) is 7.89. The zero-order valence-corrected chi connectivity index (χ0v) is 26.7. The average Bonchev–Trinajstić information content (AvgIpc) is 3.58. The van der Waals surface area contributed by atoms with Crippen molar-refractivity contribution in [3.63, 3.8) is 0 Å². The highest BCUT2D eigenvalue weighted by Crippen LogP contribution is 2.25. The lowest BCUT2D eigenvalue weighted by atomic mass is 9.98. The van der Waals surface area contributed by atoms with E-state index in [0.717, 1.165) is 36.5 Å². The Bertz CT molecular complexity index is 1580. The Morgan fingerprint density at radius 2 is 1.48 bits per heavy atom. The molecule has 244 valence electrons. The van der Waals surface area contributed by atoms with Crippen LogP contribution in [0.2, 0.25) is 0 Å². The minimum Gasteiger partial charge on any atom is -0.390 e. The second-order valence-corrected chi connectivity index (χ2v) is 11.7. The van der Waals surface area contributed by atoms with E-state index in [9.17, 15) is 23.5 Å². The summed E-state index contributed by atoms with van der Waals surface area (Å²) < 4.78 is 27.6. The van der Waals surface area contributed by atoms with Crippen LogP contribution in [0.3, 0.4) is 0 Å². The number of aromatic amines is 1. The molecule has 0 aliphatic heterocycles. The van der Waals surface area contributed by atoms with Crippen LogP contribution >= 0.6 is 0 Å². The number of nitrogens with one attached hydrogen (secondary N) is 1. The molecule has 1 aromatic heterocycles. The lowest BCUT2D eigenvalue weighted by molar-refractivity contribution is 0.0554. The maximum Gasteiger partial charge on any atom is 0.254 e. The van der Waals surface area contributed by atoms with Gasteiger partial charge in [0, 0.05) is 61.2 Å². The molecule has 2 amide bonds. The van der Waals surface area contributed by atoms with Gasteiger partial charge >= 0.3 is 0 Å². The van der Waals surface area contributed by atoms with Crippen LogP contribution in [0.1, 0.15) is 71.0 Å². The molecule has 4 aromatic rings. The van der Waals surface area contributed by atoms with Crippen molar-refractivity contribution in [1.82, 2.24) is 20.0 Å². The Morgan fingerprint density at radius 1 is 0.848 bits per heavy atom. The summed E-state index contributed by atoms with van der Waals surface area (Å²) in [5, 5.41) is 18.1. The van der Waals surface area contributed by atoms with Crippen molar-refractivity contribution in [2.75, 3.05) is 19.6 Å². The molecule has 0 saturated carbocycles. The zero-order chi connectivity index (χ0) is 33.2. The number of hydrogen-bond donors (Lipinski definition) is 3. The van der Waals surface area contributed by atoms with Crippen LogP contribution in [0.4, 0.5) is 8.78 Å². The molecule has 0 saturated heterocycles. The smallest absolute Gasteiger partial charge is 0.254 e. The Kier molecular flexibility index (Phi) is 12.2. The van der Waals surface area contributed by atoms with E-state index in [1.54, 1.807) is 35.5 Å². The second kappa shape index (κ2) is 16.2. The van der Waals surface area contributed by atoms with E-state index in [1.165, 1.54) is 17.0 Å². The number of benzene rings is 3. The number of carbonyl (C=O) groups excluding carboxylic acids is 2. The predicted molar refractivity (Wildman–Crippen MR) is 175 cm³/mol. The summed E-state index contributed by atoms with van der Waals surface area (Å²) in [5.74, 6) is -2.04. The van der Waals surface area contributed by atoms with Gasteiger partial charge in [-0.15, -0.1) is 0 Å². The van der Waals surface area contributed by atoms with Gasteiger partial charge in [-0.1, -0.05) is 45.0 Å². The highest BCUT2D eigenvalue weighted by Gasteiger charge is 2.26. The van der Waals surface area contributed by atoms with E-state index < -0.39 is 29.7 Å². The van der Waals surface area contributed by atoms with Gasteiger partial charge in [0.05, 0.1) is 12.3 Å². The molecule has 0 spiro atoms. The molecule has 3 aromatic carbocycles. The Labute approximate surface area is 269 Å². The third kappa shape index (κ3) is 9.08. The van der Waals surface area contributed by atoms with E-state index in [0.29, 0.717) is 35.3 Å². The minimum atomic E-state index is -1.22. The number of nitrogens with zero attached hydrogens (tertiary/aromatic N) is 3. The van der Waals surface area contributed by atoms with E-state index in [4.69, 9.17) is 5.73 Å². The summed E-state index contributed by atoms with van der Waals surface area (Å²) in [6, 6.07) is 15.1. The van der Waals surface area contributed by atoms with Crippen LogP contribution in [0.25, 0.3) is 11.1 Å². The van der Waals surface area contributed by atoms with Gasteiger partial charge in [0.15, 0.2) is 0 Å². The molecule has 4 N–H and O–H groups in total. The molecule has 4 rings (SSSR count). The van der Waals surface area contributed by atoms with E-state index in [2.05, 4.69) is 10.2 Å². The summed E-state index contributed by atoms with van der Waals surface area (Å²) in [4.78, 5) is 31.4. The summed E-state index contributed by atoms with van der Waals surface area (Å²) in [7, 11) is 0. The van der Waals surface area contributed by atoms with E-state index >= 15 is 0 Å². The fraction of sp³-hybridized carbons (Fsp3) is 0.361. The number of amides is 2. The standard InChI is InChI=1S/C36H43F2N5O3/c1-4-10-42(11-5-2)35(45)28-16-27(30-20-40-41-21-30)17-29(18-28)36(46)43(22-25-9-7-8-24(6-3)12-25)23-34(44)33(39)15-26-13-31(37)19-32(38)14-26/h7-9,12-14,16-21,33-34,44H,4-6,10-11,15,22-23,39H2,1-3H3,(H,40,41)/t33-,34+/m0/s1. The van der Waals surface area contributed by atoms with Crippen molar-refractivity contribution >= 4 is 11.8 Å². The van der Waals surface area contributed by atoms with Crippen LogP contribution in [0.15, 0.2) is 73.1 Å². The molecule has 0 bridgehead atoms. The molecule has 0 fully saturated rings. The van der Waals surface area contributed by atoms with Gasteiger partial charge in [-0.05, 0) is 78.3 Å². The van der Waals surface area contributed by atoms with Crippen molar-refractivity contribution in [3.05, 3.63) is 113 Å². The molecule has 0 aliphatic carbocycles. The van der Waals surface area contributed by atoms with Crippen LogP contribution < -0.4 is 5.73 Å². The average molecular weight is 632 g/mol. The number of H-pyrrole nitrogens is 1. The first-order chi connectivity index (χ1) is 22.1. The first-order valence-corrected chi connectivity index (χ1v) is 15.8. The molecule has 0 aliphatic rings. The lowest BCUT2D eigenvalue weighted by Crippen LogP contribution is -2.46. The van der Waals surface area contributed by atoms with Crippen molar-refractivity contribution in [2.24, 2.45) is 5.73 Å². The molecule has 2 atom stereocenters. The highest BCUT2D eigenvalue weighted by atomic mass is 19.1. The van der Waals surface area contributed by atoms with Crippen LogP contribution in [0.5, 0.6) is 0 Å². The predicted octanol–water partition coefficient (Wildman–Crippen LogP) is 5.75. The summed E-state index contributed by atoms with van der Waals surface area (Å²) in [6.07, 6.45) is 4.51. The number of hydrogen-bond acceptors (Lipinski definition) is 5. The van der Waals surface area contributed by atoms with Crippen molar-refractivity contribution in [1.29, 1.82) is 0 Å². The van der Waals surface area contributed by atoms with Gasteiger partial charge in [0.25, 0.3) is 11.8 Å². The number of aromatic nitrogens is 2. The van der Waals surface area contributed by atoms with Crippen LogP contribution in [-0.2, 0) is 19.4 Å². The number of aliphatic hydroxyl groups is 1. The number of nitrogens with two attached hydrogens (primary N) is 1. The number of aliphatic hydroxyl groups excluding tert-OH is 1. The molecular weight excluding hydrogens is 588 g/mol. The Hall–Kier alpha value is -4.41. The monoisotopic (exact) mass is 631 g/mol. The number of halogens is 2. The van der Waals surface area contributed by atoms with Crippen molar-refractivity contribution in [3.8, 4) is 11.1 Å². The van der Waals surface area contributed by atoms with Gasteiger partial charge < -0.3 is 20.6 Å². The Morgan fingerprint density at radius 3 is 2.07 bits per heavy atom. The first kappa shape index (κ1) is 34.5. The maximum absolute atomic E-state index is 14.4. The summed E-state index contributed by atoms with van der Waals surface area (Å²) >= 11 is 0. The summed E-state index contributed by atoms with van der Waals surface area (Å²) in [6.45, 7) is 7.27. The largest absolute Gasteiger partial charge is 0.390 e. The molecule has 0 unspecified atom stereocenters. The van der Waals surface area contributed by atoms with Gasteiger partial charge in [-0.3, -0.25) is 14.7 Å². The fourth-order valence-electron chi connectivity index (χ4n) is 5.56. The fourth-order valence-corrected chi connectivity index (χ4v) is 5.56. The molecular formula is C36H43F2N5O3.